The molecule has 214 valence electrons. The fourth-order valence-electron chi connectivity index (χ4n) is 4.64. The number of ketones is 1. The predicted molar refractivity (Wildman–Crippen MR) is 162 cm³/mol. The van der Waals surface area contributed by atoms with Gasteiger partial charge in [-0.3, -0.25) is 14.4 Å². The maximum Gasteiger partial charge on any atom is 0.257 e. The minimum absolute atomic E-state index is 0.156. The Bertz CT molecular complexity index is 1820. The van der Waals surface area contributed by atoms with Crippen molar-refractivity contribution in [2.45, 2.75) is 20.3 Å². The van der Waals surface area contributed by atoms with Gasteiger partial charge in [0.15, 0.2) is 0 Å². The molecule has 2 heterocycles. The lowest BCUT2D eigenvalue weighted by molar-refractivity contribution is 0.0824. The van der Waals surface area contributed by atoms with Gasteiger partial charge in [0.2, 0.25) is 5.78 Å². The number of para-hydroxylation sites is 1. The van der Waals surface area contributed by atoms with E-state index in [-0.39, 0.29) is 29.0 Å². The van der Waals surface area contributed by atoms with Gasteiger partial charge in [-0.25, -0.2) is 4.68 Å². The number of aromatic nitrogens is 3. The number of nitrogens with one attached hydrogen (secondary N) is 2. The van der Waals surface area contributed by atoms with Gasteiger partial charge in [0, 0.05) is 37.1 Å². The number of H-pyrrole nitrogens is 1. The van der Waals surface area contributed by atoms with Gasteiger partial charge in [-0.2, -0.15) is 5.10 Å². The maximum atomic E-state index is 13.4. The van der Waals surface area contributed by atoms with Crippen LogP contribution < -0.4 is 15.8 Å². The summed E-state index contributed by atoms with van der Waals surface area (Å²) in [5, 5.41) is 8.00. The molecular formula is C32H32N6O4. The Morgan fingerprint density at radius 2 is 1.81 bits per heavy atom. The van der Waals surface area contributed by atoms with Crippen molar-refractivity contribution in [1.82, 2.24) is 25.0 Å². The first-order valence-corrected chi connectivity index (χ1v) is 13.6. The first-order chi connectivity index (χ1) is 20.2. The number of hydrogen-bond donors (Lipinski definition) is 3. The summed E-state index contributed by atoms with van der Waals surface area (Å²) in [6, 6.07) is 19.4. The van der Waals surface area contributed by atoms with Crippen LogP contribution in [0.25, 0.3) is 16.6 Å². The molecule has 10 nitrogen and oxygen atoms in total. The zero-order valence-corrected chi connectivity index (χ0v) is 23.9. The molecule has 0 saturated heterocycles. The lowest BCUT2D eigenvalue weighted by Gasteiger charge is -2.15. The van der Waals surface area contributed by atoms with Crippen LogP contribution in [0.5, 0.6) is 11.5 Å². The average molecular weight is 565 g/mol. The number of aryl methyl sites for hydroxylation is 1. The van der Waals surface area contributed by atoms with Crippen LogP contribution in [0.4, 0.5) is 5.82 Å². The third-order valence-electron chi connectivity index (χ3n) is 6.86. The van der Waals surface area contributed by atoms with Crippen molar-refractivity contribution in [3.63, 3.8) is 0 Å². The van der Waals surface area contributed by atoms with E-state index >= 15 is 0 Å². The number of carbonyl (C=O) groups excluding carboxylic acids is 3. The molecule has 5 aromatic rings. The molecule has 3 aromatic carbocycles. The van der Waals surface area contributed by atoms with Gasteiger partial charge < -0.3 is 25.7 Å². The molecule has 0 saturated carbocycles. The van der Waals surface area contributed by atoms with Crippen LogP contribution in [0.2, 0.25) is 0 Å². The molecule has 0 fully saturated rings. The van der Waals surface area contributed by atoms with Crippen LogP contribution >= 0.6 is 0 Å². The summed E-state index contributed by atoms with van der Waals surface area (Å²) >= 11 is 0. The van der Waals surface area contributed by atoms with E-state index in [2.05, 4.69) is 15.4 Å². The van der Waals surface area contributed by atoms with E-state index in [1.165, 1.54) is 15.8 Å². The highest BCUT2D eigenvalue weighted by atomic mass is 16.5. The van der Waals surface area contributed by atoms with Crippen molar-refractivity contribution >= 4 is 34.3 Å². The predicted octanol–water partition coefficient (Wildman–Crippen LogP) is 5.11. The Morgan fingerprint density at radius 1 is 1.02 bits per heavy atom. The van der Waals surface area contributed by atoms with Crippen molar-refractivity contribution < 1.29 is 19.1 Å². The second-order valence-corrected chi connectivity index (χ2v) is 10.2. The van der Waals surface area contributed by atoms with Crippen LogP contribution in [0, 0.1) is 6.92 Å². The van der Waals surface area contributed by atoms with E-state index in [4.69, 9.17) is 10.5 Å². The molecular weight excluding hydrogens is 532 g/mol. The summed E-state index contributed by atoms with van der Waals surface area (Å²) in [7, 11) is 3.38. The van der Waals surface area contributed by atoms with Crippen molar-refractivity contribution in [2.24, 2.45) is 0 Å². The van der Waals surface area contributed by atoms with E-state index in [9.17, 15) is 14.4 Å². The number of nitrogens with two attached hydrogens (primary N) is 1. The molecule has 0 radical (unpaired) electrons. The molecule has 42 heavy (non-hydrogen) atoms. The number of hydrogen-bond acceptors (Lipinski definition) is 6. The van der Waals surface area contributed by atoms with Crippen molar-refractivity contribution in [3.05, 3.63) is 101 Å². The minimum atomic E-state index is -0.313. The second kappa shape index (κ2) is 11.6. The normalized spacial score (nSPS) is 11.0. The molecule has 0 aliphatic rings. The zero-order chi connectivity index (χ0) is 30.0. The Morgan fingerprint density at radius 3 is 2.55 bits per heavy atom. The smallest absolute Gasteiger partial charge is 0.257 e. The summed E-state index contributed by atoms with van der Waals surface area (Å²) in [6.07, 6.45) is 2.29. The molecule has 0 aliphatic carbocycles. The van der Waals surface area contributed by atoms with E-state index < -0.39 is 0 Å². The summed E-state index contributed by atoms with van der Waals surface area (Å²) < 4.78 is 7.57. The second-order valence-electron chi connectivity index (χ2n) is 10.2. The third kappa shape index (κ3) is 5.46. The zero-order valence-electron chi connectivity index (χ0n) is 23.9. The van der Waals surface area contributed by atoms with E-state index in [0.29, 0.717) is 40.6 Å². The standard InChI is InChI=1S/C32H32N6O4/c1-5-14-34-31(40)20-10-12-25-21(16-20)17-26(36-25)29(39)24-18-35-38(30(24)33)27-13-11-22(15-19(27)2)42-28-9-7-6-8-23(28)32(41)37(3)4/h6-13,15-18,36H,5,14,33H2,1-4H3,(H,34,40). The highest BCUT2D eigenvalue weighted by Crippen LogP contribution is 2.30. The van der Waals surface area contributed by atoms with Gasteiger partial charge in [0.1, 0.15) is 17.3 Å². The van der Waals surface area contributed by atoms with Crippen LogP contribution in [0.15, 0.2) is 72.9 Å². The number of rotatable bonds is 9. The topological polar surface area (TPSA) is 135 Å². The average Bonchev–Trinajstić information content (AvgIpc) is 3.58. The van der Waals surface area contributed by atoms with Gasteiger partial charge in [0.05, 0.1) is 28.7 Å². The van der Waals surface area contributed by atoms with Crippen LogP contribution in [0.3, 0.4) is 0 Å². The van der Waals surface area contributed by atoms with Gasteiger partial charge in [-0.05, 0) is 73.5 Å². The lowest BCUT2D eigenvalue weighted by Crippen LogP contribution is -2.23. The van der Waals surface area contributed by atoms with E-state index in [1.807, 2.05) is 26.0 Å². The van der Waals surface area contributed by atoms with Gasteiger partial charge in [-0.1, -0.05) is 19.1 Å². The number of anilines is 1. The quantitative estimate of drug-likeness (QED) is 0.213. The molecule has 0 spiro atoms. The fourth-order valence-corrected chi connectivity index (χ4v) is 4.64. The van der Waals surface area contributed by atoms with Crippen molar-refractivity contribution in [3.8, 4) is 17.2 Å². The molecule has 0 aliphatic heterocycles. The number of carbonyl (C=O) groups is 3. The largest absolute Gasteiger partial charge is 0.457 e. The Balaban J connectivity index is 1.38. The lowest BCUT2D eigenvalue weighted by atomic mass is 10.1. The molecule has 4 N–H and O–H groups in total. The van der Waals surface area contributed by atoms with Crippen LogP contribution in [-0.2, 0) is 0 Å². The first-order valence-electron chi connectivity index (χ1n) is 13.6. The number of benzene rings is 3. The van der Waals surface area contributed by atoms with Gasteiger partial charge >= 0.3 is 0 Å². The van der Waals surface area contributed by atoms with Crippen molar-refractivity contribution in [1.29, 1.82) is 0 Å². The third-order valence-corrected chi connectivity index (χ3v) is 6.86. The van der Waals surface area contributed by atoms with Crippen molar-refractivity contribution in [2.75, 3.05) is 26.4 Å². The molecule has 2 aromatic heterocycles. The first kappa shape index (κ1) is 28.2. The summed E-state index contributed by atoms with van der Waals surface area (Å²) in [4.78, 5) is 43.0. The van der Waals surface area contributed by atoms with E-state index in [1.54, 1.807) is 68.7 Å². The number of nitrogens with zero attached hydrogens (tertiary/aromatic N) is 3. The highest BCUT2D eigenvalue weighted by molar-refractivity contribution is 6.13. The highest BCUT2D eigenvalue weighted by Gasteiger charge is 2.21. The monoisotopic (exact) mass is 564 g/mol. The number of fused-ring (bicyclic) bond motifs is 1. The molecule has 5 rings (SSSR count). The minimum Gasteiger partial charge on any atom is -0.457 e. The maximum absolute atomic E-state index is 13.4. The van der Waals surface area contributed by atoms with Gasteiger partial charge in [-0.15, -0.1) is 0 Å². The molecule has 0 unspecified atom stereocenters. The molecule has 10 heteroatoms. The molecule has 0 atom stereocenters. The van der Waals surface area contributed by atoms with Gasteiger partial charge in [0.25, 0.3) is 11.8 Å². The SMILES string of the molecule is CCCNC(=O)c1ccc2[nH]c(C(=O)c3cnn(-c4ccc(Oc5ccccc5C(=O)N(C)C)cc4C)c3N)cc2c1. The number of aromatic amines is 1. The number of amides is 2. The Hall–Kier alpha value is -5.38. The fraction of sp³-hybridized carbons (Fsp3) is 0.188. The van der Waals surface area contributed by atoms with Crippen LogP contribution in [0.1, 0.15) is 55.7 Å². The summed E-state index contributed by atoms with van der Waals surface area (Å²) in [5.41, 5.74) is 10.2. The molecule has 2 amide bonds. The Kier molecular flexibility index (Phi) is 7.79. The number of nitrogen functional groups attached to an aromatic ring is 1. The van der Waals surface area contributed by atoms with Crippen LogP contribution in [-0.4, -0.2) is 57.9 Å². The summed E-state index contributed by atoms with van der Waals surface area (Å²) in [6.45, 7) is 4.47. The van der Waals surface area contributed by atoms with E-state index in [0.717, 1.165) is 22.9 Å². The Labute approximate surface area is 243 Å². The summed E-state index contributed by atoms with van der Waals surface area (Å²) in [5.74, 6) is 0.549. The molecule has 0 bridgehead atoms. The number of ether oxygens (including phenoxy) is 1.